The van der Waals surface area contributed by atoms with Crippen molar-refractivity contribution in [1.82, 2.24) is 5.32 Å². The van der Waals surface area contributed by atoms with Crippen LogP contribution >= 0.6 is 0 Å². The fourth-order valence-electron chi connectivity index (χ4n) is 1.22. The number of aryl methyl sites for hydroxylation is 1. The zero-order valence-electron chi connectivity index (χ0n) is 8.70. The van der Waals surface area contributed by atoms with Crippen molar-refractivity contribution in [3.8, 4) is 6.19 Å². The van der Waals surface area contributed by atoms with Gasteiger partial charge in [0, 0.05) is 0 Å². The smallest absolute Gasteiger partial charge is 0.202 e. The van der Waals surface area contributed by atoms with Crippen LogP contribution in [-0.2, 0) is 13.0 Å². The zero-order valence-corrected chi connectivity index (χ0v) is 8.70. The Kier molecular flexibility index (Phi) is 4.17. The van der Waals surface area contributed by atoms with Crippen LogP contribution in [0.4, 0.5) is 0 Å². The zero-order chi connectivity index (χ0) is 11.1. The standard InChI is InChI=1S/C11H14N4/c1-2-9-4-3-5-10(6-9)7-14-11(13)15-8-12/h3-6H,2,7H2,1H3,(H3,13,14,15). The molecule has 0 amide bonds. The van der Waals surface area contributed by atoms with E-state index in [-0.39, 0.29) is 5.96 Å². The minimum absolute atomic E-state index is 0.152. The largest absolute Gasteiger partial charge is 0.369 e. The molecule has 0 bridgehead atoms. The molecule has 0 spiro atoms. The van der Waals surface area contributed by atoms with E-state index in [4.69, 9.17) is 11.0 Å². The summed E-state index contributed by atoms with van der Waals surface area (Å²) in [7, 11) is 0. The van der Waals surface area contributed by atoms with E-state index in [9.17, 15) is 0 Å². The van der Waals surface area contributed by atoms with Crippen molar-refractivity contribution < 1.29 is 0 Å². The monoisotopic (exact) mass is 202 g/mol. The van der Waals surface area contributed by atoms with Crippen molar-refractivity contribution in [3.05, 3.63) is 35.4 Å². The average Bonchev–Trinajstić information content (AvgIpc) is 2.27. The minimum Gasteiger partial charge on any atom is -0.369 e. The highest BCUT2D eigenvalue weighted by molar-refractivity contribution is 5.79. The number of nitriles is 1. The van der Waals surface area contributed by atoms with Gasteiger partial charge in [-0.05, 0) is 17.5 Å². The lowest BCUT2D eigenvalue weighted by molar-refractivity contribution is 1.02. The predicted octanol–water partition coefficient (Wildman–Crippen LogP) is 1.13. The number of nitrogens with one attached hydrogen (secondary N) is 1. The van der Waals surface area contributed by atoms with Gasteiger partial charge in [-0.1, -0.05) is 31.2 Å². The van der Waals surface area contributed by atoms with Gasteiger partial charge in [0.1, 0.15) is 0 Å². The van der Waals surface area contributed by atoms with Gasteiger partial charge in [-0.2, -0.15) is 5.26 Å². The van der Waals surface area contributed by atoms with Crippen LogP contribution in [0.5, 0.6) is 0 Å². The first-order valence-electron chi connectivity index (χ1n) is 4.79. The molecule has 0 aliphatic carbocycles. The lowest BCUT2D eigenvalue weighted by Crippen LogP contribution is -2.27. The fourth-order valence-corrected chi connectivity index (χ4v) is 1.22. The SMILES string of the molecule is CCc1cccc(CN=C(N)NC#N)c1. The van der Waals surface area contributed by atoms with Gasteiger partial charge in [0.2, 0.25) is 5.96 Å². The van der Waals surface area contributed by atoms with Gasteiger partial charge in [-0.15, -0.1) is 0 Å². The van der Waals surface area contributed by atoms with E-state index >= 15 is 0 Å². The molecule has 1 rings (SSSR count). The highest BCUT2D eigenvalue weighted by Gasteiger charge is 1.94. The topological polar surface area (TPSA) is 74.2 Å². The summed E-state index contributed by atoms with van der Waals surface area (Å²) < 4.78 is 0. The van der Waals surface area contributed by atoms with Crippen molar-refractivity contribution >= 4 is 5.96 Å². The molecule has 1 aromatic carbocycles. The van der Waals surface area contributed by atoms with E-state index in [0.29, 0.717) is 6.54 Å². The molecule has 78 valence electrons. The number of nitrogens with two attached hydrogens (primary N) is 1. The molecule has 0 atom stereocenters. The van der Waals surface area contributed by atoms with Crippen LogP contribution in [-0.4, -0.2) is 5.96 Å². The Labute approximate surface area is 89.4 Å². The molecule has 4 nitrogen and oxygen atoms in total. The molecule has 0 aliphatic heterocycles. The molecule has 1 aromatic rings. The van der Waals surface area contributed by atoms with E-state index in [1.807, 2.05) is 12.1 Å². The lowest BCUT2D eigenvalue weighted by Gasteiger charge is -2.01. The molecule has 0 aromatic heterocycles. The maximum atomic E-state index is 8.29. The first-order chi connectivity index (χ1) is 7.26. The Balaban J connectivity index is 2.65. The van der Waals surface area contributed by atoms with Crippen molar-refractivity contribution in [1.29, 1.82) is 5.26 Å². The van der Waals surface area contributed by atoms with E-state index in [2.05, 4.69) is 29.4 Å². The summed E-state index contributed by atoms with van der Waals surface area (Å²) in [5.41, 5.74) is 7.79. The summed E-state index contributed by atoms with van der Waals surface area (Å²) >= 11 is 0. The third kappa shape index (κ3) is 3.69. The first-order valence-corrected chi connectivity index (χ1v) is 4.79. The number of benzene rings is 1. The average molecular weight is 202 g/mol. The molecular weight excluding hydrogens is 188 g/mol. The minimum atomic E-state index is 0.152. The number of aliphatic imine (C=N–C) groups is 1. The van der Waals surface area contributed by atoms with E-state index in [1.54, 1.807) is 6.19 Å². The maximum Gasteiger partial charge on any atom is 0.202 e. The summed E-state index contributed by atoms with van der Waals surface area (Å²) in [6.45, 7) is 2.60. The second kappa shape index (κ2) is 5.66. The molecule has 0 saturated heterocycles. The van der Waals surface area contributed by atoms with Crippen molar-refractivity contribution in [2.75, 3.05) is 0 Å². The van der Waals surface area contributed by atoms with Crippen LogP contribution in [0.3, 0.4) is 0 Å². The van der Waals surface area contributed by atoms with Gasteiger partial charge in [-0.25, -0.2) is 4.99 Å². The lowest BCUT2D eigenvalue weighted by atomic mass is 10.1. The summed E-state index contributed by atoms with van der Waals surface area (Å²) in [6, 6.07) is 8.15. The van der Waals surface area contributed by atoms with Gasteiger partial charge >= 0.3 is 0 Å². The second-order valence-electron chi connectivity index (χ2n) is 3.11. The van der Waals surface area contributed by atoms with Crippen LogP contribution in [0, 0.1) is 11.5 Å². The molecule has 0 radical (unpaired) electrons. The number of hydrogen-bond donors (Lipinski definition) is 2. The molecule has 15 heavy (non-hydrogen) atoms. The molecular formula is C11H14N4. The predicted molar refractivity (Wildman–Crippen MR) is 59.9 cm³/mol. The highest BCUT2D eigenvalue weighted by Crippen LogP contribution is 2.06. The van der Waals surface area contributed by atoms with Gasteiger partial charge in [0.25, 0.3) is 0 Å². The van der Waals surface area contributed by atoms with E-state index < -0.39 is 0 Å². The van der Waals surface area contributed by atoms with Crippen molar-refractivity contribution in [2.45, 2.75) is 19.9 Å². The van der Waals surface area contributed by atoms with Crippen LogP contribution in [0.2, 0.25) is 0 Å². The third-order valence-corrected chi connectivity index (χ3v) is 2.02. The summed E-state index contributed by atoms with van der Waals surface area (Å²) in [6.07, 6.45) is 2.72. The third-order valence-electron chi connectivity index (χ3n) is 2.02. The second-order valence-corrected chi connectivity index (χ2v) is 3.11. The fraction of sp³-hybridized carbons (Fsp3) is 0.273. The molecule has 0 aliphatic rings. The van der Waals surface area contributed by atoms with Crippen LogP contribution < -0.4 is 11.1 Å². The van der Waals surface area contributed by atoms with Gasteiger partial charge in [-0.3, -0.25) is 5.32 Å². The van der Waals surface area contributed by atoms with Gasteiger partial charge < -0.3 is 5.73 Å². The van der Waals surface area contributed by atoms with Crippen LogP contribution in [0.25, 0.3) is 0 Å². The highest BCUT2D eigenvalue weighted by atomic mass is 15.1. The van der Waals surface area contributed by atoms with Crippen molar-refractivity contribution in [2.24, 2.45) is 10.7 Å². The molecule has 4 heteroatoms. The van der Waals surface area contributed by atoms with Gasteiger partial charge in [0.15, 0.2) is 6.19 Å². The molecule has 0 heterocycles. The first kappa shape index (κ1) is 11.1. The molecule has 0 fully saturated rings. The Morgan fingerprint density at radius 2 is 2.27 bits per heavy atom. The van der Waals surface area contributed by atoms with E-state index in [1.165, 1.54) is 5.56 Å². The van der Waals surface area contributed by atoms with Crippen molar-refractivity contribution in [3.63, 3.8) is 0 Å². The Bertz CT molecular complexity index is 390. The molecule has 0 saturated carbocycles. The Morgan fingerprint density at radius 3 is 2.93 bits per heavy atom. The molecule has 3 N–H and O–H groups in total. The normalized spacial score (nSPS) is 10.8. The van der Waals surface area contributed by atoms with E-state index in [0.717, 1.165) is 12.0 Å². The Hall–Kier alpha value is -2.02. The number of rotatable bonds is 3. The number of hydrogen-bond acceptors (Lipinski definition) is 2. The van der Waals surface area contributed by atoms with Crippen LogP contribution in [0.15, 0.2) is 29.3 Å². The van der Waals surface area contributed by atoms with Crippen LogP contribution in [0.1, 0.15) is 18.1 Å². The summed E-state index contributed by atoms with van der Waals surface area (Å²) in [5, 5.41) is 10.6. The Morgan fingerprint density at radius 1 is 1.53 bits per heavy atom. The summed E-state index contributed by atoms with van der Waals surface area (Å²) in [4.78, 5) is 4.02. The maximum absolute atomic E-state index is 8.29. The van der Waals surface area contributed by atoms with Gasteiger partial charge in [0.05, 0.1) is 6.54 Å². The quantitative estimate of drug-likeness (QED) is 0.334. The molecule has 0 unspecified atom stereocenters. The summed E-state index contributed by atoms with van der Waals surface area (Å²) in [5.74, 6) is 0.152. The number of nitrogens with zero attached hydrogens (tertiary/aromatic N) is 2. The number of guanidine groups is 1.